The summed E-state index contributed by atoms with van der Waals surface area (Å²) in [6.45, 7) is 2.78. The summed E-state index contributed by atoms with van der Waals surface area (Å²) in [7, 11) is 0. The van der Waals surface area contributed by atoms with Gasteiger partial charge >= 0.3 is 6.18 Å². The molecule has 5 heteroatoms. The molecule has 0 fully saturated rings. The van der Waals surface area contributed by atoms with Gasteiger partial charge in [-0.3, -0.25) is 0 Å². The van der Waals surface area contributed by atoms with E-state index in [1.54, 1.807) is 0 Å². The molecule has 0 heterocycles. The lowest BCUT2D eigenvalue weighted by Gasteiger charge is -2.07. The van der Waals surface area contributed by atoms with Crippen LogP contribution < -0.4 is 5.73 Å². The summed E-state index contributed by atoms with van der Waals surface area (Å²) in [5.41, 5.74) is 3.82. The van der Waals surface area contributed by atoms with Gasteiger partial charge in [0.25, 0.3) is 0 Å². The molecule has 10 heavy (non-hydrogen) atoms. The molecule has 0 radical (unpaired) electrons. The maximum absolute atomic E-state index is 11.7. The van der Waals surface area contributed by atoms with Crippen molar-refractivity contribution < 1.29 is 13.2 Å². The average molecular weight is 216 g/mol. The Kier molecular flexibility index (Phi) is 2.96. The molecule has 58 valence electrons. The van der Waals surface area contributed by atoms with Gasteiger partial charge in [0.15, 0.2) is 0 Å². The normalized spacial score (nSPS) is 13.4. The smallest absolute Gasteiger partial charge is 0.404 e. The third kappa shape index (κ3) is 2.43. The maximum atomic E-state index is 11.7. The van der Waals surface area contributed by atoms with Crippen molar-refractivity contribution in [3.8, 4) is 0 Å². The lowest BCUT2D eigenvalue weighted by Crippen LogP contribution is -2.11. The topological polar surface area (TPSA) is 26.0 Å². The molecule has 0 bridgehead atoms. The molecule has 0 aromatic carbocycles. The monoisotopic (exact) mass is 215 g/mol. The standard InChI is InChI=1S/C5H5BrF3N/c1-3(4(6)2-10)5(7,8)9/h2H,1,10H2/b4-2+. The Hall–Kier alpha value is -0.450. The van der Waals surface area contributed by atoms with E-state index in [1.165, 1.54) is 0 Å². The predicted octanol–water partition coefficient (Wildman–Crippen LogP) is 2.30. The van der Waals surface area contributed by atoms with Crippen LogP contribution >= 0.6 is 15.9 Å². The van der Waals surface area contributed by atoms with E-state index < -0.39 is 11.7 Å². The van der Waals surface area contributed by atoms with Crippen LogP contribution in [-0.2, 0) is 0 Å². The predicted molar refractivity (Wildman–Crippen MR) is 36.4 cm³/mol. The zero-order chi connectivity index (χ0) is 8.36. The molecule has 0 aliphatic rings. The SMILES string of the molecule is C=C(/C(Br)=C\N)C(F)(F)F. The van der Waals surface area contributed by atoms with Gasteiger partial charge in [-0.15, -0.1) is 0 Å². The fraction of sp³-hybridized carbons (Fsp3) is 0.200. The third-order valence-electron chi connectivity index (χ3n) is 0.777. The summed E-state index contributed by atoms with van der Waals surface area (Å²) in [5.74, 6) is 0. The summed E-state index contributed by atoms with van der Waals surface area (Å²) in [6.07, 6.45) is -3.61. The van der Waals surface area contributed by atoms with E-state index in [-0.39, 0.29) is 4.48 Å². The minimum absolute atomic E-state index is 0.236. The number of nitrogens with two attached hydrogens (primary N) is 1. The summed E-state index contributed by atoms with van der Waals surface area (Å²) >= 11 is 2.59. The van der Waals surface area contributed by atoms with Crippen molar-refractivity contribution in [2.45, 2.75) is 6.18 Å². The van der Waals surface area contributed by atoms with E-state index in [0.29, 0.717) is 0 Å². The second-order valence-corrected chi connectivity index (χ2v) is 2.35. The van der Waals surface area contributed by atoms with Crippen molar-refractivity contribution in [1.29, 1.82) is 0 Å². The highest BCUT2D eigenvalue weighted by Crippen LogP contribution is 2.31. The summed E-state index contributed by atoms with van der Waals surface area (Å²) in [4.78, 5) is 0. The second kappa shape index (κ2) is 3.09. The van der Waals surface area contributed by atoms with Crippen LogP contribution in [0.25, 0.3) is 0 Å². The van der Waals surface area contributed by atoms with Gasteiger partial charge in [-0.1, -0.05) is 6.58 Å². The Morgan fingerprint density at radius 3 is 2.00 bits per heavy atom. The summed E-state index contributed by atoms with van der Waals surface area (Å²) in [5, 5.41) is 0. The van der Waals surface area contributed by atoms with Crippen molar-refractivity contribution in [3.63, 3.8) is 0 Å². The van der Waals surface area contributed by atoms with Crippen LogP contribution in [-0.4, -0.2) is 6.18 Å². The maximum Gasteiger partial charge on any atom is 0.416 e. The van der Waals surface area contributed by atoms with E-state index in [1.807, 2.05) is 0 Å². The molecular weight excluding hydrogens is 211 g/mol. The highest BCUT2D eigenvalue weighted by atomic mass is 79.9. The highest BCUT2D eigenvalue weighted by molar-refractivity contribution is 9.12. The van der Waals surface area contributed by atoms with E-state index in [4.69, 9.17) is 5.73 Å². The average Bonchev–Trinajstić information content (AvgIpc) is 1.83. The molecular formula is C5H5BrF3N. The second-order valence-electron chi connectivity index (χ2n) is 1.49. The van der Waals surface area contributed by atoms with Crippen LogP contribution in [0.5, 0.6) is 0 Å². The van der Waals surface area contributed by atoms with Gasteiger partial charge in [0.1, 0.15) is 0 Å². The Morgan fingerprint density at radius 2 is 1.90 bits per heavy atom. The number of allylic oxidation sites excluding steroid dienone is 2. The molecule has 0 saturated carbocycles. The number of hydrogen-bond acceptors (Lipinski definition) is 1. The van der Waals surface area contributed by atoms with Gasteiger partial charge in [0.2, 0.25) is 0 Å². The first-order valence-electron chi connectivity index (χ1n) is 2.23. The van der Waals surface area contributed by atoms with Crippen LogP contribution in [0.15, 0.2) is 22.8 Å². The number of alkyl halides is 3. The minimum atomic E-state index is -4.41. The molecule has 0 unspecified atom stereocenters. The van der Waals surface area contributed by atoms with Crippen LogP contribution in [0.1, 0.15) is 0 Å². The third-order valence-corrected chi connectivity index (χ3v) is 1.52. The fourth-order valence-corrected chi connectivity index (χ4v) is 0.461. The molecule has 0 aromatic rings. The van der Waals surface area contributed by atoms with Gasteiger partial charge in [0.05, 0.1) is 5.57 Å². The molecule has 0 saturated heterocycles. The number of hydrogen-bond donors (Lipinski definition) is 1. The molecule has 1 nitrogen and oxygen atoms in total. The molecule has 2 N–H and O–H groups in total. The first-order valence-corrected chi connectivity index (χ1v) is 3.02. The van der Waals surface area contributed by atoms with Crippen LogP contribution in [0.3, 0.4) is 0 Å². The lowest BCUT2D eigenvalue weighted by molar-refractivity contribution is -0.0881. The number of halogens is 4. The molecule has 0 atom stereocenters. The van der Waals surface area contributed by atoms with Crippen LogP contribution in [0.4, 0.5) is 13.2 Å². The lowest BCUT2D eigenvalue weighted by atomic mass is 10.3. The van der Waals surface area contributed by atoms with Gasteiger partial charge in [-0.2, -0.15) is 13.2 Å². The van der Waals surface area contributed by atoms with E-state index in [2.05, 4.69) is 22.5 Å². The highest BCUT2D eigenvalue weighted by Gasteiger charge is 2.33. The quantitative estimate of drug-likeness (QED) is 0.668. The van der Waals surface area contributed by atoms with Gasteiger partial charge in [0, 0.05) is 10.7 Å². The Bertz CT molecular complexity index is 170. The Labute approximate surface area is 64.5 Å². The van der Waals surface area contributed by atoms with Crippen molar-refractivity contribution in [2.75, 3.05) is 0 Å². The summed E-state index contributed by atoms with van der Waals surface area (Å²) in [6, 6.07) is 0. The molecule has 0 amide bonds. The van der Waals surface area contributed by atoms with Crippen molar-refractivity contribution in [3.05, 3.63) is 22.8 Å². The van der Waals surface area contributed by atoms with Crippen LogP contribution in [0, 0.1) is 0 Å². The van der Waals surface area contributed by atoms with E-state index in [0.717, 1.165) is 6.20 Å². The Balaban J connectivity index is 4.39. The van der Waals surface area contributed by atoms with Crippen molar-refractivity contribution >= 4 is 15.9 Å². The molecule has 0 spiro atoms. The van der Waals surface area contributed by atoms with E-state index in [9.17, 15) is 13.2 Å². The summed E-state index contributed by atoms with van der Waals surface area (Å²) < 4.78 is 34.7. The zero-order valence-electron chi connectivity index (χ0n) is 4.87. The Morgan fingerprint density at radius 1 is 1.50 bits per heavy atom. The largest absolute Gasteiger partial charge is 0.416 e. The minimum Gasteiger partial charge on any atom is -0.404 e. The zero-order valence-corrected chi connectivity index (χ0v) is 6.46. The molecule has 0 aliphatic carbocycles. The molecule has 0 aliphatic heterocycles. The van der Waals surface area contributed by atoms with Gasteiger partial charge in [-0.05, 0) is 15.9 Å². The van der Waals surface area contributed by atoms with Crippen molar-refractivity contribution in [1.82, 2.24) is 0 Å². The van der Waals surface area contributed by atoms with Crippen molar-refractivity contribution in [2.24, 2.45) is 5.73 Å². The van der Waals surface area contributed by atoms with Crippen LogP contribution in [0.2, 0.25) is 0 Å². The van der Waals surface area contributed by atoms with Gasteiger partial charge < -0.3 is 5.73 Å². The van der Waals surface area contributed by atoms with E-state index >= 15 is 0 Å². The first-order chi connectivity index (χ1) is 4.39. The molecule has 0 rings (SSSR count). The van der Waals surface area contributed by atoms with Gasteiger partial charge in [-0.25, -0.2) is 0 Å². The molecule has 0 aromatic heterocycles. The first kappa shape index (κ1) is 9.55. The fourth-order valence-electron chi connectivity index (χ4n) is 0.236. The number of rotatable bonds is 1.